The summed E-state index contributed by atoms with van der Waals surface area (Å²) in [5, 5.41) is 4.96. The first-order chi connectivity index (χ1) is 15.2. The average Bonchev–Trinajstić information content (AvgIpc) is 3.15. The second-order valence-corrected chi connectivity index (χ2v) is 9.93. The standard InChI is InChI=1S/C22H16FN3O4S2/c1-32(29,30)15-10-11-18-19(12-15)31-22(24-18)26-21(28)25-20(27)17-5-3-2-4-16(17)13-6-8-14(23)9-7-13/h2-12H,1H3,(H2,24,25,26,27,28). The van der Waals surface area contributed by atoms with Crippen LogP contribution in [0, 0.1) is 5.82 Å². The van der Waals surface area contributed by atoms with Crippen LogP contribution in [-0.4, -0.2) is 31.6 Å². The van der Waals surface area contributed by atoms with Crippen molar-refractivity contribution in [3.05, 3.63) is 78.1 Å². The molecule has 0 unspecified atom stereocenters. The van der Waals surface area contributed by atoms with Crippen LogP contribution in [0.1, 0.15) is 10.4 Å². The molecule has 0 aliphatic carbocycles. The van der Waals surface area contributed by atoms with Gasteiger partial charge in [0.25, 0.3) is 5.91 Å². The lowest BCUT2D eigenvalue weighted by Gasteiger charge is -2.10. The highest BCUT2D eigenvalue weighted by atomic mass is 32.2. The van der Waals surface area contributed by atoms with Gasteiger partial charge in [-0.05, 0) is 47.5 Å². The van der Waals surface area contributed by atoms with Crippen molar-refractivity contribution < 1.29 is 22.4 Å². The molecule has 4 rings (SSSR count). The van der Waals surface area contributed by atoms with E-state index >= 15 is 0 Å². The summed E-state index contributed by atoms with van der Waals surface area (Å²) in [7, 11) is -3.37. The number of benzene rings is 3. The molecule has 0 radical (unpaired) electrons. The van der Waals surface area contributed by atoms with Gasteiger partial charge in [0.1, 0.15) is 5.82 Å². The quantitative estimate of drug-likeness (QED) is 0.459. The van der Waals surface area contributed by atoms with Gasteiger partial charge in [0.15, 0.2) is 15.0 Å². The number of hydrogen-bond acceptors (Lipinski definition) is 6. The van der Waals surface area contributed by atoms with Crippen molar-refractivity contribution in [2.75, 3.05) is 11.6 Å². The van der Waals surface area contributed by atoms with Crippen molar-refractivity contribution in [2.24, 2.45) is 0 Å². The number of nitrogens with one attached hydrogen (secondary N) is 2. The lowest BCUT2D eigenvalue weighted by atomic mass is 9.99. The van der Waals surface area contributed by atoms with Gasteiger partial charge in [-0.2, -0.15) is 0 Å². The van der Waals surface area contributed by atoms with Gasteiger partial charge in [-0.1, -0.05) is 41.7 Å². The van der Waals surface area contributed by atoms with Gasteiger partial charge in [0, 0.05) is 11.8 Å². The average molecular weight is 470 g/mol. The van der Waals surface area contributed by atoms with Gasteiger partial charge in [-0.15, -0.1) is 0 Å². The van der Waals surface area contributed by atoms with Crippen molar-refractivity contribution in [1.82, 2.24) is 10.3 Å². The Morgan fingerprint density at radius 3 is 2.44 bits per heavy atom. The lowest BCUT2D eigenvalue weighted by molar-refractivity contribution is 0.0967. The predicted octanol–water partition coefficient (Wildman–Crippen LogP) is 4.47. The molecule has 1 aromatic heterocycles. The third kappa shape index (κ3) is 4.66. The van der Waals surface area contributed by atoms with Crippen LogP contribution in [-0.2, 0) is 9.84 Å². The summed E-state index contributed by atoms with van der Waals surface area (Å²) >= 11 is 1.09. The van der Waals surface area contributed by atoms with Crippen LogP contribution in [0.25, 0.3) is 21.3 Å². The van der Waals surface area contributed by atoms with E-state index in [1.807, 2.05) is 0 Å². The molecule has 0 fully saturated rings. The first-order valence-electron chi connectivity index (χ1n) is 9.29. The molecule has 0 bridgehead atoms. The van der Waals surface area contributed by atoms with Gasteiger partial charge in [-0.25, -0.2) is 22.6 Å². The Morgan fingerprint density at radius 1 is 1.00 bits per heavy atom. The van der Waals surface area contributed by atoms with Crippen LogP contribution in [0.3, 0.4) is 0 Å². The highest BCUT2D eigenvalue weighted by Crippen LogP contribution is 2.28. The molecular weight excluding hydrogens is 453 g/mol. The molecule has 2 N–H and O–H groups in total. The maximum Gasteiger partial charge on any atom is 0.327 e. The number of carbonyl (C=O) groups is 2. The highest BCUT2D eigenvalue weighted by molar-refractivity contribution is 7.90. The number of rotatable bonds is 4. The van der Waals surface area contributed by atoms with E-state index in [0.717, 1.165) is 17.6 Å². The van der Waals surface area contributed by atoms with Crippen LogP contribution in [0.2, 0.25) is 0 Å². The number of anilines is 1. The number of sulfone groups is 1. The fourth-order valence-electron chi connectivity index (χ4n) is 3.05. The first-order valence-corrected chi connectivity index (χ1v) is 12.0. The molecule has 4 aromatic rings. The zero-order valence-corrected chi connectivity index (χ0v) is 18.3. The number of carbonyl (C=O) groups excluding carboxylic acids is 2. The molecule has 0 atom stereocenters. The Bertz CT molecular complexity index is 1450. The summed E-state index contributed by atoms with van der Waals surface area (Å²) in [5.41, 5.74) is 1.94. The number of hydrogen-bond donors (Lipinski definition) is 2. The number of amides is 3. The van der Waals surface area contributed by atoms with Crippen LogP contribution >= 0.6 is 11.3 Å². The Hall–Kier alpha value is -3.63. The van der Waals surface area contributed by atoms with Crippen LogP contribution in [0.15, 0.2) is 71.6 Å². The van der Waals surface area contributed by atoms with Gasteiger partial charge in [0.2, 0.25) is 0 Å². The van der Waals surface area contributed by atoms with E-state index < -0.39 is 27.6 Å². The molecule has 162 valence electrons. The minimum Gasteiger partial charge on any atom is -0.283 e. The van der Waals surface area contributed by atoms with E-state index in [9.17, 15) is 22.4 Å². The third-order valence-electron chi connectivity index (χ3n) is 4.56. The number of imide groups is 1. The number of fused-ring (bicyclic) bond motifs is 1. The Labute approximate surface area is 186 Å². The van der Waals surface area contributed by atoms with E-state index in [1.54, 1.807) is 42.5 Å². The van der Waals surface area contributed by atoms with E-state index in [4.69, 9.17) is 0 Å². The van der Waals surface area contributed by atoms with Gasteiger partial charge >= 0.3 is 6.03 Å². The molecular formula is C22H16FN3O4S2. The molecule has 0 spiro atoms. The van der Waals surface area contributed by atoms with Gasteiger partial charge < -0.3 is 0 Å². The Morgan fingerprint density at radius 2 is 1.72 bits per heavy atom. The molecule has 0 aliphatic rings. The first kappa shape index (κ1) is 21.6. The van der Waals surface area contributed by atoms with E-state index in [1.165, 1.54) is 24.3 Å². The summed E-state index contributed by atoms with van der Waals surface area (Å²) in [4.78, 5) is 29.5. The number of nitrogens with zero attached hydrogens (tertiary/aromatic N) is 1. The molecule has 3 aromatic carbocycles. The zero-order valence-electron chi connectivity index (χ0n) is 16.6. The van der Waals surface area contributed by atoms with Gasteiger partial charge in [-0.3, -0.25) is 15.4 Å². The zero-order chi connectivity index (χ0) is 22.9. The number of halogens is 1. The molecule has 3 amide bonds. The van der Waals surface area contributed by atoms with Crippen LogP contribution < -0.4 is 10.6 Å². The summed E-state index contributed by atoms with van der Waals surface area (Å²) in [5.74, 6) is -1.03. The highest BCUT2D eigenvalue weighted by Gasteiger charge is 2.17. The Balaban J connectivity index is 1.51. The van der Waals surface area contributed by atoms with Crippen molar-refractivity contribution in [2.45, 2.75) is 4.90 Å². The lowest BCUT2D eigenvalue weighted by Crippen LogP contribution is -2.34. The number of aromatic nitrogens is 1. The monoisotopic (exact) mass is 469 g/mol. The predicted molar refractivity (Wildman–Crippen MR) is 121 cm³/mol. The van der Waals surface area contributed by atoms with E-state index in [2.05, 4.69) is 15.6 Å². The minimum absolute atomic E-state index is 0.150. The summed E-state index contributed by atoms with van der Waals surface area (Å²) in [6.07, 6.45) is 1.11. The van der Waals surface area contributed by atoms with E-state index in [-0.39, 0.29) is 15.6 Å². The topological polar surface area (TPSA) is 105 Å². The Kier molecular flexibility index (Phi) is 5.72. The van der Waals surface area contributed by atoms with E-state index in [0.29, 0.717) is 21.3 Å². The van der Waals surface area contributed by atoms with Crippen molar-refractivity contribution >= 4 is 48.5 Å². The van der Waals surface area contributed by atoms with Crippen LogP contribution in [0.5, 0.6) is 0 Å². The van der Waals surface area contributed by atoms with Crippen molar-refractivity contribution in [3.8, 4) is 11.1 Å². The SMILES string of the molecule is CS(=O)(=O)c1ccc2nc(NC(=O)NC(=O)c3ccccc3-c3ccc(F)cc3)sc2c1. The minimum atomic E-state index is -3.37. The normalized spacial score (nSPS) is 11.3. The van der Waals surface area contributed by atoms with Crippen molar-refractivity contribution in [3.63, 3.8) is 0 Å². The molecule has 10 heteroatoms. The fraction of sp³-hybridized carbons (Fsp3) is 0.0455. The van der Waals surface area contributed by atoms with Gasteiger partial charge in [0.05, 0.1) is 15.1 Å². The fourth-order valence-corrected chi connectivity index (χ4v) is 4.67. The van der Waals surface area contributed by atoms with Crippen LogP contribution in [0.4, 0.5) is 14.3 Å². The summed E-state index contributed by atoms with van der Waals surface area (Å²) in [6.45, 7) is 0. The molecule has 32 heavy (non-hydrogen) atoms. The number of thiazole rings is 1. The largest absolute Gasteiger partial charge is 0.327 e. The second-order valence-electron chi connectivity index (χ2n) is 6.88. The second kappa shape index (κ2) is 8.48. The molecule has 0 saturated heterocycles. The summed E-state index contributed by atoms with van der Waals surface area (Å²) < 4.78 is 37.2. The maximum atomic E-state index is 13.2. The molecule has 0 saturated carbocycles. The third-order valence-corrected chi connectivity index (χ3v) is 6.61. The maximum absolute atomic E-state index is 13.2. The number of urea groups is 1. The molecule has 7 nitrogen and oxygen atoms in total. The van der Waals surface area contributed by atoms with Crippen molar-refractivity contribution in [1.29, 1.82) is 0 Å². The molecule has 1 heterocycles. The summed E-state index contributed by atoms with van der Waals surface area (Å²) in [6, 6.07) is 16.0. The smallest absolute Gasteiger partial charge is 0.283 e. The molecule has 0 aliphatic heterocycles.